The van der Waals surface area contributed by atoms with E-state index in [2.05, 4.69) is 36.2 Å². The number of thiazole rings is 1. The van der Waals surface area contributed by atoms with Gasteiger partial charge < -0.3 is 5.11 Å². The van der Waals surface area contributed by atoms with Crippen LogP contribution in [0.25, 0.3) is 16.2 Å². The summed E-state index contributed by atoms with van der Waals surface area (Å²) in [7, 11) is 0. The summed E-state index contributed by atoms with van der Waals surface area (Å²) in [5.41, 5.74) is 4.11. The predicted octanol–water partition coefficient (Wildman–Crippen LogP) is 3.95. The fourth-order valence-electron chi connectivity index (χ4n) is 2.62. The summed E-state index contributed by atoms with van der Waals surface area (Å²) >= 11 is 1.27. The largest absolute Gasteiger partial charge is 0.477 e. The number of fused-ring (bicyclic) bond motifs is 1. The molecule has 3 aromatic rings. The van der Waals surface area contributed by atoms with Crippen LogP contribution in [0, 0.1) is 6.92 Å². The van der Waals surface area contributed by atoms with Gasteiger partial charge in [-0.1, -0.05) is 41.2 Å². The zero-order chi connectivity index (χ0) is 14.6. The lowest BCUT2D eigenvalue weighted by molar-refractivity contribution is 0.0700. The van der Waals surface area contributed by atoms with Crippen molar-refractivity contribution >= 4 is 22.3 Å². The highest BCUT2D eigenvalue weighted by molar-refractivity contribution is 7.19. The molecule has 1 N–H and O–H groups in total. The minimum Gasteiger partial charge on any atom is -0.477 e. The molecule has 2 heterocycles. The van der Waals surface area contributed by atoms with Gasteiger partial charge in [-0.15, -0.1) is 0 Å². The minimum absolute atomic E-state index is 0.380. The van der Waals surface area contributed by atoms with Crippen molar-refractivity contribution in [2.24, 2.45) is 0 Å². The zero-order valence-corrected chi connectivity index (χ0v) is 12.4. The first-order valence-electron chi connectivity index (χ1n) is 6.95. The molecule has 0 spiro atoms. The van der Waals surface area contributed by atoms with E-state index >= 15 is 0 Å². The van der Waals surface area contributed by atoms with Crippen LogP contribution >= 0.6 is 11.3 Å². The molecule has 1 aliphatic rings. The number of nitrogens with zero attached hydrogens (tertiary/aromatic N) is 2. The summed E-state index contributed by atoms with van der Waals surface area (Å²) in [6, 6.07) is 8.23. The molecular weight excluding hydrogens is 284 g/mol. The van der Waals surface area contributed by atoms with Crippen molar-refractivity contribution in [3.63, 3.8) is 0 Å². The van der Waals surface area contributed by atoms with Crippen molar-refractivity contribution in [2.45, 2.75) is 25.7 Å². The van der Waals surface area contributed by atoms with Gasteiger partial charge in [0.05, 0.1) is 11.4 Å². The van der Waals surface area contributed by atoms with E-state index < -0.39 is 5.97 Å². The van der Waals surface area contributed by atoms with Crippen molar-refractivity contribution in [2.75, 3.05) is 0 Å². The van der Waals surface area contributed by atoms with Gasteiger partial charge in [-0.2, -0.15) is 0 Å². The lowest BCUT2D eigenvalue weighted by Gasteiger charge is -1.99. The van der Waals surface area contributed by atoms with E-state index in [-0.39, 0.29) is 0 Å². The minimum atomic E-state index is -0.843. The Balaban J connectivity index is 1.87. The first kappa shape index (κ1) is 12.6. The second kappa shape index (κ2) is 4.43. The Labute approximate surface area is 125 Å². The highest BCUT2D eigenvalue weighted by atomic mass is 32.1. The predicted molar refractivity (Wildman–Crippen MR) is 82.2 cm³/mol. The highest BCUT2D eigenvalue weighted by Gasteiger charge is 2.33. The van der Waals surface area contributed by atoms with Crippen LogP contribution in [-0.4, -0.2) is 20.5 Å². The quantitative estimate of drug-likeness (QED) is 0.796. The van der Waals surface area contributed by atoms with E-state index in [1.54, 1.807) is 0 Å². The summed E-state index contributed by atoms with van der Waals surface area (Å²) in [6.45, 7) is 2.06. The molecule has 0 bridgehead atoms. The molecular formula is C16H14N2O2S. The molecule has 4 rings (SSSR count). The van der Waals surface area contributed by atoms with Gasteiger partial charge in [0, 0.05) is 17.7 Å². The molecule has 5 heteroatoms. The topological polar surface area (TPSA) is 54.6 Å². The second-order valence-corrected chi connectivity index (χ2v) is 6.52. The number of aryl methyl sites for hydroxylation is 1. The van der Waals surface area contributed by atoms with Crippen molar-refractivity contribution < 1.29 is 9.90 Å². The van der Waals surface area contributed by atoms with E-state index in [0.29, 0.717) is 10.8 Å². The number of aromatic carboxylic acids is 1. The number of carboxylic acid groups (broad SMARTS) is 1. The third kappa shape index (κ3) is 2.05. The molecule has 21 heavy (non-hydrogen) atoms. The van der Waals surface area contributed by atoms with Crippen LogP contribution in [0.2, 0.25) is 0 Å². The number of benzene rings is 1. The van der Waals surface area contributed by atoms with Gasteiger partial charge in [0.2, 0.25) is 0 Å². The summed E-state index contributed by atoms with van der Waals surface area (Å²) in [4.78, 5) is 17.2. The first-order chi connectivity index (χ1) is 10.1. The Morgan fingerprint density at radius 1 is 1.33 bits per heavy atom. The van der Waals surface area contributed by atoms with E-state index in [4.69, 9.17) is 0 Å². The van der Waals surface area contributed by atoms with Gasteiger partial charge in [0.25, 0.3) is 0 Å². The number of rotatable bonds is 3. The zero-order valence-electron chi connectivity index (χ0n) is 11.5. The molecule has 106 valence electrons. The standard InChI is InChI=1S/C16H14N2O2S/c1-9-2-4-10(5-3-9)12-8-18-13(11-6-7-11)14(15(19)20)21-16(18)17-12/h2-5,8,11H,6-7H2,1H3,(H,19,20). The average molecular weight is 298 g/mol. The maximum Gasteiger partial charge on any atom is 0.347 e. The molecule has 4 nitrogen and oxygen atoms in total. The molecule has 0 saturated heterocycles. The molecule has 0 radical (unpaired) electrons. The van der Waals surface area contributed by atoms with Crippen molar-refractivity contribution in [3.05, 3.63) is 46.6 Å². The first-order valence-corrected chi connectivity index (χ1v) is 7.77. The summed E-state index contributed by atoms with van der Waals surface area (Å²) in [5, 5.41) is 9.35. The number of carboxylic acids is 1. The van der Waals surface area contributed by atoms with Gasteiger partial charge in [-0.3, -0.25) is 4.40 Å². The third-order valence-corrected chi connectivity index (χ3v) is 4.92. The smallest absolute Gasteiger partial charge is 0.347 e. The summed E-state index contributed by atoms with van der Waals surface area (Å²) in [6.07, 6.45) is 4.12. The average Bonchev–Trinajstić information content (AvgIpc) is 3.09. The van der Waals surface area contributed by atoms with Gasteiger partial charge in [-0.05, 0) is 19.8 Å². The number of hydrogen-bond donors (Lipinski definition) is 1. The van der Waals surface area contributed by atoms with Crippen LogP contribution < -0.4 is 0 Å². The number of imidazole rings is 1. The molecule has 1 aliphatic carbocycles. The molecule has 0 amide bonds. The monoisotopic (exact) mass is 298 g/mol. The van der Waals surface area contributed by atoms with E-state index in [1.807, 2.05) is 10.6 Å². The molecule has 0 unspecified atom stereocenters. The van der Waals surface area contributed by atoms with E-state index in [9.17, 15) is 9.90 Å². The maximum absolute atomic E-state index is 11.4. The van der Waals surface area contributed by atoms with Crippen molar-refractivity contribution in [3.8, 4) is 11.3 Å². The maximum atomic E-state index is 11.4. The Bertz CT molecular complexity index is 841. The Kier molecular flexibility index (Phi) is 2.65. The molecule has 1 aromatic carbocycles. The number of carbonyl (C=O) groups is 1. The normalized spacial score (nSPS) is 14.7. The van der Waals surface area contributed by atoms with Crippen LogP contribution in [0.3, 0.4) is 0 Å². The molecule has 0 atom stereocenters. The van der Waals surface area contributed by atoms with Gasteiger partial charge >= 0.3 is 5.97 Å². The fraction of sp³-hybridized carbons (Fsp3) is 0.250. The third-order valence-electron chi connectivity index (χ3n) is 3.86. The van der Waals surface area contributed by atoms with Gasteiger partial charge in [0.15, 0.2) is 4.96 Å². The van der Waals surface area contributed by atoms with Crippen LogP contribution in [-0.2, 0) is 0 Å². The van der Waals surface area contributed by atoms with Gasteiger partial charge in [-0.25, -0.2) is 9.78 Å². The van der Waals surface area contributed by atoms with Crippen molar-refractivity contribution in [1.82, 2.24) is 9.38 Å². The summed E-state index contributed by atoms with van der Waals surface area (Å²) in [5.74, 6) is -0.464. The van der Waals surface area contributed by atoms with E-state index in [1.165, 1.54) is 16.9 Å². The van der Waals surface area contributed by atoms with Crippen LogP contribution in [0.4, 0.5) is 0 Å². The second-order valence-electron chi connectivity index (χ2n) is 5.54. The Morgan fingerprint density at radius 2 is 2.05 bits per heavy atom. The lowest BCUT2D eigenvalue weighted by Crippen LogP contribution is -1.99. The molecule has 1 saturated carbocycles. The Morgan fingerprint density at radius 3 is 2.67 bits per heavy atom. The highest BCUT2D eigenvalue weighted by Crippen LogP contribution is 2.44. The Hall–Kier alpha value is -2.14. The van der Waals surface area contributed by atoms with Gasteiger partial charge in [0.1, 0.15) is 4.88 Å². The number of hydrogen-bond acceptors (Lipinski definition) is 3. The molecule has 2 aromatic heterocycles. The summed E-state index contributed by atoms with van der Waals surface area (Å²) < 4.78 is 1.97. The van der Waals surface area contributed by atoms with Crippen LogP contribution in [0.15, 0.2) is 30.5 Å². The fourth-order valence-corrected chi connectivity index (χ4v) is 3.65. The number of aromatic nitrogens is 2. The SMILES string of the molecule is Cc1ccc(-c2cn3c(C4CC4)c(C(=O)O)sc3n2)cc1. The van der Waals surface area contributed by atoms with Crippen LogP contribution in [0.5, 0.6) is 0 Å². The van der Waals surface area contributed by atoms with E-state index in [0.717, 1.165) is 34.8 Å². The molecule has 0 aliphatic heterocycles. The lowest BCUT2D eigenvalue weighted by atomic mass is 10.1. The van der Waals surface area contributed by atoms with Crippen LogP contribution in [0.1, 0.15) is 39.7 Å². The molecule has 1 fully saturated rings. The van der Waals surface area contributed by atoms with Crippen molar-refractivity contribution in [1.29, 1.82) is 0 Å².